The van der Waals surface area contributed by atoms with Crippen LogP contribution in [-0.2, 0) is 5.75 Å². The number of aliphatic hydroxyl groups excluding tert-OH is 1. The largest absolute Gasteiger partial charge is 0.475 e. The Kier molecular flexibility index (Phi) is 4.23. The van der Waals surface area contributed by atoms with Crippen LogP contribution in [0.2, 0.25) is 0 Å². The molecular weight excluding hydrogens is 216 g/mol. The van der Waals surface area contributed by atoms with Gasteiger partial charge in [-0.15, -0.1) is 11.8 Å². The monoisotopic (exact) mass is 230 g/mol. The Morgan fingerprint density at radius 1 is 1.67 bits per heavy atom. The zero-order valence-corrected chi connectivity index (χ0v) is 9.50. The fourth-order valence-corrected chi connectivity index (χ4v) is 1.81. The molecule has 0 aliphatic carbocycles. The van der Waals surface area contributed by atoms with Crippen molar-refractivity contribution >= 4 is 17.7 Å². The van der Waals surface area contributed by atoms with Crippen LogP contribution in [0.25, 0.3) is 0 Å². The molecule has 0 aromatic carbocycles. The molecule has 1 unspecified atom stereocenters. The molecule has 4 nitrogen and oxygen atoms in total. The standard InChI is InChI=1S/C10H14O4S/c1-6-3-8(5-15-7(2)4-11)14-9(6)10(12)13/h3,7,11H,4-5H2,1-2H3,(H,12,13). The SMILES string of the molecule is Cc1cc(CSC(C)CO)oc1C(=O)O. The maximum absolute atomic E-state index is 10.7. The summed E-state index contributed by atoms with van der Waals surface area (Å²) in [6, 6.07) is 1.72. The minimum atomic E-state index is -1.04. The number of hydrogen-bond donors (Lipinski definition) is 2. The molecule has 0 amide bonds. The van der Waals surface area contributed by atoms with E-state index in [9.17, 15) is 4.79 Å². The maximum Gasteiger partial charge on any atom is 0.372 e. The topological polar surface area (TPSA) is 70.7 Å². The van der Waals surface area contributed by atoms with Crippen LogP contribution in [0.15, 0.2) is 10.5 Å². The third kappa shape index (κ3) is 3.28. The summed E-state index contributed by atoms with van der Waals surface area (Å²) in [5.74, 6) is 0.173. The number of carbonyl (C=O) groups is 1. The van der Waals surface area contributed by atoms with Crippen LogP contribution in [0.3, 0.4) is 0 Å². The van der Waals surface area contributed by atoms with Crippen LogP contribution in [-0.4, -0.2) is 28.0 Å². The van der Waals surface area contributed by atoms with Crippen LogP contribution in [0.5, 0.6) is 0 Å². The Hall–Kier alpha value is -0.940. The maximum atomic E-state index is 10.7. The fraction of sp³-hybridized carbons (Fsp3) is 0.500. The molecule has 0 fully saturated rings. The number of carboxylic acids is 1. The van der Waals surface area contributed by atoms with Gasteiger partial charge in [-0.05, 0) is 13.0 Å². The molecule has 1 aromatic heterocycles. The lowest BCUT2D eigenvalue weighted by atomic mass is 10.3. The Balaban J connectivity index is 2.63. The summed E-state index contributed by atoms with van der Waals surface area (Å²) >= 11 is 1.53. The van der Waals surface area contributed by atoms with Crippen LogP contribution in [0, 0.1) is 6.92 Å². The van der Waals surface area contributed by atoms with E-state index in [1.165, 1.54) is 11.8 Å². The molecule has 2 N–H and O–H groups in total. The van der Waals surface area contributed by atoms with Gasteiger partial charge >= 0.3 is 5.97 Å². The summed E-state index contributed by atoms with van der Waals surface area (Å²) in [6.07, 6.45) is 0. The molecule has 0 saturated carbocycles. The van der Waals surface area contributed by atoms with Gasteiger partial charge in [0.2, 0.25) is 5.76 Å². The first kappa shape index (κ1) is 12.1. The number of rotatable bonds is 5. The normalized spacial score (nSPS) is 12.7. The van der Waals surface area contributed by atoms with E-state index >= 15 is 0 Å². The predicted molar refractivity (Wildman–Crippen MR) is 58.2 cm³/mol. The van der Waals surface area contributed by atoms with Crippen molar-refractivity contribution in [1.82, 2.24) is 0 Å². The lowest BCUT2D eigenvalue weighted by Crippen LogP contribution is -2.01. The number of aromatic carboxylic acids is 1. The van der Waals surface area contributed by atoms with E-state index in [-0.39, 0.29) is 17.6 Å². The average Bonchev–Trinajstić information content (AvgIpc) is 2.56. The summed E-state index contributed by atoms with van der Waals surface area (Å²) in [7, 11) is 0. The summed E-state index contributed by atoms with van der Waals surface area (Å²) in [6.45, 7) is 3.71. The number of thioether (sulfide) groups is 1. The first-order chi connectivity index (χ1) is 7.04. The molecule has 1 rings (SSSR count). The molecule has 0 spiro atoms. The van der Waals surface area contributed by atoms with Crippen molar-refractivity contribution < 1.29 is 19.4 Å². The van der Waals surface area contributed by atoms with Gasteiger partial charge < -0.3 is 14.6 Å². The molecule has 1 aromatic rings. The number of aliphatic hydroxyl groups is 1. The van der Waals surface area contributed by atoms with Crippen molar-refractivity contribution in [2.75, 3.05) is 6.61 Å². The molecule has 1 atom stereocenters. The Bertz CT molecular complexity index is 345. The highest BCUT2D eigenvalue weighted by atomic mass is 32.2. The van der Waals surface area contributed by atoms with Crippen molar-refractivity contribution in [3.63, 3.8) is 0 Å². The lowest BCUT2D eigenvalue weighted by Gasteiger charge is -2.04. The number of aryl methyl sites for hydroxylation is 1. The first-order valence-electron chi connectivity index (χ1n) is 4.59. The Morgan fingerprint density at radius 3 is 2.80 bits per heavy atom. The average molecular weight is 230 g/mol. The summed E-state index contributed by atoms with van der Waals surface area (Å²) < 4.78 is 5.17. The Labute approximate surface area is 92.3 Å². The molecule has 84 valence electrons. The third-order valence-corrected chi connectivity index (χ3v) is 3.10. The van der Waals surface area contributed by atoms with E-state index in [1.54, 1.807) is 13.0 Å². The zero-order valence-electron chi connectivity index (χ0n) is 8.69. The highest BCUT2D eigenvalue weighted by molar-refractivity contribution is 7.99. The van der Waals surface area contributed by atoms with E-state index in [0.717, 1.165) is 0 Å². The van der Waals surface area contributed by atoms with Gasteiger partial charge in [0.05, 0.1) is 12.4 Å². The number of furan rings is 1. The van der Waals surface area contributed by atoms with Gasteiger partial charge in [-0.25, -0.2) is 4.79 Å². The summed E-state index contributed by atoms with van der Waals surface area (Å²) in [4.78, 5) is 10.7. The van der Waals surface area contributed by atoms with Gasteiger partial charge in [0.25, 0.3) is 0 Å². The second-order valence-electron chi connectivity index (χ2n) is 3.33. The van der Waals surface area contributed by atoms with E-state index < -0.39 is 5.97 Å². The van der Waals surface area contributed by atoms with Gasteiger partial charge in [-0.2, -0.15) is 0 Å². The van der Waals surface area contributed by atoms with Crippen LogP contribution in [0.1, 0.15) is 28.8 Å². The Morgan fingerprint density at radius 2 is 2.33 bits per heavy atom. The van der Waals surface area contributed by atoms with Crippen LogP contribution >= 0.6 is 11.8 Å². The predicted octanol–water partition coefficient (Wildman–Crippen LogP) is 1.90. The van der Waals surface area contributed by atoms with Crippen molar-refractivity contribution in [1.29, 1.82) is 0 Å². The quantitative estimate of drug-likeness (QED) is 0.808. The first-order valence-corrected chi connectivity index (χ1v) is 5.64. The summed E-state index contributed by atoms with van der Waals surface area (Å²) in [5, 5.41) is 17.7. The minimum Gasteiger partial charge on any atom is -0.475 e. The molecule has 0 aliphatic heterocycles. The van der Waals surface area contributed by atoms with E-state index in [1.807, 2.05) is 6.92 Å². The minimum absolute atomic E-state index is 0.00208. The van der Waals surface area contributed by atoms with Crippen molar-refractivity contribution in [2.45, 2.75) is 24.9 Å². The highest BCUT2D eigenvalue weighted by Gasteiger charge is 2.14. The van der Waals surface area contributed by atoms with Crippen LogP contribution in [0.4, 0.5) is 0 Å². The molecule has 0 saturated heterocycles. The third-order valence-electron chi connectivity index (χ3n) is 1.93. The van der Waals surface area contributed by atoms with Gasteiger partial charge in [0.1, 0.15) is 5.76 Å². The lowest BCUT2D eigenvalue weighted by molar-refractivity contribution is 0.0659. The molecule has 1 heterocycles. The fourth-order valence-electron chi connectivity index (χ4n) is 1.11. The molecule has 0 bridgehead atoms. The second kappa shape index (κ2) is 5.23. The van der Waals surface area contributed by atoms with E-state index in [4.69, 9.17) is 14.6 Å². The van der Waals surface area contributed by atoms with Gasteiger partial charge in [0, 0.05) is 10.8 Å². The smallest absolute Gasteiger partial charge is 0.372 e. The summed E-state index contributed by atoms with van der Waals surface area (Å²) in [5.41, 5.74) is 0.634. The molecule has 0 radical (unpaired) electrons. The molecule has 5 heteroatoms. The van der Waals surface area contributed by atoms with E-state index in [0.29, 0.717) is 17.1 Å². The van der Waals surface area contributed by atoms with Gasteiger partial charge in [-0.1, -0.05) is 6.92 Å². The molecule has 15 heavy (non-hydrogen) atoms. The number of hydrogen-bond acceptors (Lipinski definition) is 4. The van der Waals surface area contributed by atoms with Crippen molar-refractivity contribution in [3.05, 3.63) is 23.2 Å². The van der Waals surface area contributed by atoms with Crippen molar-refractivity contribution in [3.8, 4) is 0 Å². The number of carboxylic acid groups (broad SMARTS) is 1. The molecular formula is C10H14O4S. The zero-order chi connectivity index (χ0) is 11.4. The van der Waals surface area contributed by atoms with Crippen LogP contribution < -0.4 is 0 Å². The second-order valence-corrected chi connectivity index (χ2v) is 4.76. The van der Waals surface area contributed by atoms with Gasteiger partial charge in [0.15, 0.2) is 0 Å². The highest BCUT2D eigenvalue weighted by Crippen LogP contribution is 2.21. The molecule has 0 aliphatic rings. The van der Waals surface area contributed by atoms with E-state index in [2.05, 4.69) is 0 Å². The van der Waals surface area contributed by atoms with Crippen molar-refractivity contribution in [2.24, 2.45) is 0 Å². The van der Waals surface area contributed by atoms with Gasteiger partial charge in [-0.3, -0.25) is 0 Å².